The van der Waals surface area contributed by atoms with Gasteiger partial charge in [-0.05, 0) is 37.1 Å². The third-order valence-electron chi connectivity index (χ3n) is 4.60. The normalized spacial score (nSPS) is 26.1. The largest absolute Gasteiger partial charge is 0.472 e. The van der Waals surface area contributed by atoms with Crippen LogP contribution in [0.2, 0.25) is 0 Å². The lowest BCUT2D eigenvalue weighted by molar-refractivity contribution is 0.387. The summed E-state index contributed by atoms with van der Waals surface area (Å²) in [5, 5.41) is 0. The van der Waals surface area contributed by atoms with Gasteiger partial charge in [0.2, 0.25) is 0 Å². The molecule has 0 radical (unpaired) electrons. The van der Waals surface area contributed by atoms with Crippen LogP contribution in [0.3, 0.4) is 0 Å². The van der Waals surface area contributed by atoms with Crippen molar-refractivity contribution >= 4 is 5.82 Å². The number of likely N-dealkylation sites (tertiary alicyclic amines) is 1. The van der Waals surface area contributed by atoms with Crippen molar-refractivity contribution in [1.82, 2.24) is 9.88 Å². The standard InChI is InChI=1S/C16H19N3O/c1-18-7-14-9-19(10-15(14)8-18)16-3-2-12(6-17-16)13-4-5-20-11-13/h2-6,11,14-15H,7-10H2,1H3. The molecule has 0 bridgehead atoms. The number of anilines is 1. The van der Waals surface area contributed by atoms with Crippen LogP contribution in [0.1, 0.15) is 0 Å². The summed E-state index contributed by atoms with van der Waals surface area (Å²) in [4.78, 5) is 9.51. The van der Waals surface area contributed by atoms with Crippen molar-refractivity contribution in [2.24, 2.45) is 11.8 Å². The minimum absolute atomic E-state index is 0.815. The predicted molar refractivity (Wildman–Crippen MR) is 78.6 cm³/mol. The SMILES string of the molecule is CN1CC2CN(c3ccc(-c4ccoc4)cn3)CC2C1. The van der Waals surface area contributed by atoms with Crippen LogP contribution in [-0.2, 0) is 0 Å². The predicted octanol–water partition coefficient (Wildman–Crippen LogP) is 2.34. The average molecular weight is 269 g/mol. The molecule has 20 heavy (non-hydrogen) atoms. The first-order valence-corrected chi connectivity index (χ1v) is 7.22. The average Bonchev–Trinajstić information content (AvgIpc) is 3.13. The van der Waals surface area contributed by atoms with E-state index in [1.54, 1.807) is 12.5 Å². The van der Waals surface area contributed by atoms with Crippen molar-refractivity contribution in [3.63, 3.8) is 0 Å². The summed E-state index contributed by atoms with van der Waals surface area (Å²) >= 11 is 0. The van der Waals surface area contributed by atoms with Gasteiger partial charge in [0.05, 0.1) is 12.5 Å². The van der Waals surface area contributed by atoms with Gasteiger partial charge in [-0.1, -0.05) is 0 Å². The summed E-state index contributed by atoms with van der Waals surface area (Å²) in [6, 6.07) is 6.23. The Bertz CT molecular complexity index is 564. The molecule has 0 aromatic carbocycles. The Labute approximate surface area is 119 Å². The fraction of sp³-hybridized carbons (Fsp3) is 0.438. The molecule has 2 fully saturated rings. The lowest BCUT2D eigenvalue weighted by atomic mass is 10.0. The number of aromatic nitrogens is 1. The van der Waals surface area contributed by atoms with Gasteiger partial charge in [-0.3, -0.25) is 0 Å². The van der Waals surface area contributed by atoms with Crippen molar-refractivity contribution in [2.75, 3.05) is 38.1 Å². The highest BCUT2D eigenvalue weighted by Gasteiger charge is 2.38. The molecule has 4 heteroatoms. The van der Waals surface area contributed by atoms with Gasteiger partial charge in [0.1, 0.15) is 5.82 Å². The fourth-order valence-electron chi connectivity index (χ4n) is 3.59. The molecule has 2 aliphatic rings. The van der Waals surface area contributed by atoms with Gasteiger partial charge < -0.3 is 14.2 Å². The molecule has 2 atom stereocenters. The zero-order chi connectivity index (χ0) is 13.5. The van der Waals surface area contributed by atoms with E-state index in [9.17, 15) is 0 Å². The quantitative estimate of drug-likeness (QED) is 0.837. The van der Waals surface area contributed by atoms with Gasteiger partial charge in [0, 0.05) is 43.5 Å². The van der Waals surface area contributed by atoms with Crippen LogP contribution < -0.4 is 4.90 Å². The molecule has 2 aliphatic heterocycles. The first kappa shape index (κ1) is 12.0. The Morgan fingerprint density at radius 2 is 1.85 bits per heavy atom. The van der Waals surface area contributed by atoms with E-state index in [-0.39, 0.29) is 0 Å². The molecule has 2 unspecified atom stereocenters. The van der Waals surface area contributed by atoms with Gasteiger partial charge in [-0.25, -0.2) is 4.98 Å². The minimum atomic E-state index is 0.815. The monoisotopic (exact) mass is 269 g/mol. The summed E-state index contributed by atoms with van der Waals surface area (Å²) in [5.74, 6) is 2.74. The van der Waals surface area contributed by atoms with Gasteiger partial charge in [0.15, 0.2) is 0 Å². The third kappa shape index (κ3) is 2.00. The highest BCUT2D eigenvalue weighted by molar-refractivity contribution is 5.62. The van der Waals surface area contributed by atoms with E-state index in [0.717, 1.165) is 41.9 Å². The van der Waals surface area contributed by atoms with Crippen LogP contribution >= 0.6 is 0 Å². The first-order chi connectivity index (χ1) is 9.79. The Morgan fingerprint density at radius 1 is 1.05 bits per heavy atom. The van der Waals surface area contributed by atoms with Crippen LogP contribution in [0.25, 0.3) is 11.1 Å². The number of hydrogen-bond acceptors (Lipinski definition) is 4. The Kier molecular flexibility index (Phi) is 2.77. The molecule has 4 heterocycles. The van der Waals surface area contributed by atoms with E-state index in [2.05, 4.69) is 34.0 Å². The molecule has 0 saturated carbocycles. The minimum Gasteiger partial charge on any atom is -0.472 e. The summed E-state index contributed by atoms with van der Waals surface area (Å²) in [5.41, 5.74) is 2.20. The zero-order valence-corrected chi connectivity index (χ0v) is 11.7. The van der Waals surface area contributed by atoms with Crippen LogP contribution in [0.4, 0.5) is 5.82 Å². The summed E-state index contributed by atoms with van der Waals surface area (Å²) in [6.45, 7) is 4.75. The van der Waals surface area contributed by atoms with E-state index in [0.29, 0.717) is 0 Å². The molecule has 104 valence electrons. The van der Waals surface area contributed by atoms with Gasteiger partial charge in [-0.2, -0.15) is 0 Å². The third-order valence-corrected chi connectivity index (χ3v) is 4.60. The highest BCUT2D eigenvalue weighted by atomic mass is 16.3. The molecule has 0 amide bonds. The lowest BCUT2D eigenvalue weighted by Gasteiger charge is -2.20. The smallest absolute Gasteiger partial charge is 0.128 e. The van der Waals surface area contributed by atoms with E-state index < -0.39 is 0 Å². The Balaban J connectivity index is 1.50. The summed E-state index contributed by atoms with van der Waals surface area (Å²) in [6.07, 6.45) is 5.40. The zero-order valence-electron chi connectivity index (χ0n) is 11.7. The topological polar surface area (TPSA) is 32.5 Å². The summed E-state index contributed by atoms with van der Waals surface area (Å²) in [7, 11) is 2.22. The van der Waals surface area contributed by atoms with Gasteiger partial charge in [0.25, 0.3) is 0 Å². The molecule has 2 aromatic heterocycles. The maximum Gasteiger partial charge on any atom is 0.128 e. The molecular weight excluding hydrogens is 250 g/mol. The molecule has 4 nitrogen and oxygen atoms in total. The molecular formula is C16H19N3O. The molecule has 2 saturated heterocycles. The van der Waals surface area contributed by atoms with E-state index in [1.807, 2.05) is 12.3 Å². The lowest BCUT2D eigenvalue weighted by Crippen LogP contribution is -2.27. The second kappa shape index (κ2) is 4.63. The maximum atomic E-state index is 5.12. The number of rotatable bonds is 2. The summed E-state index contributed by atoms with van der Waals surface area (Å²) < 4.78 is 5.12. The van der Waals surface area contributed by atoms with Crippen LogP contribution in [0, 0.1) is 11.8 Å². The first-order valence-electron chi connectivity index (χ1n) is 7.22. The van der Waals surface area contributed by atoms with E-state index in [1.165, 1.54) is 13.1 Å². The Hall–Kier alpha value is -1.81. The maximum absolute atomic E-state index is 5.12. The number of hydrogen-bond donors (Lipinski definition) is 0. The van der Waals surface area contributed by atoms with Gasteiger partial charge >= 0.3 is 0 Å². The number of furan rings is 1. The van der Waals surface area contributed by atoms with Crippen molar-refractivity contribution < 1.29 is 4.42 Å². The van der Waals surface area contributed by atoms with Crippen LogP contribution in [0.15, 0.2) is 41.3 Å². The van der Waals surface area contributed by atoms with Crippen molar-refractivity contribution in [3.8, 4) is 11.1 Å². The highest BCUT2D eigenvalue weighted by Crippen LogP contribution is 2.33. The number of fused-ring (bicyclic) bond motifs is 1. The van der Waals surface area contributed by atoms with Crippen molar-refractivity contribution in [3.05, 3.63) is 36.9 Å². The number of nitrogens with zero attached hydrogens (tertiary/aromatic N) is 3. The molecule has 4 rings (SSSR count). The molecule has 0 N–H and O–H groups in total. The van der Waals surface area contributed by atoms with E-state index in [4.69, 9.17) is 4.42 Å². The van der Waals surface area contributed by atoms with Crippen molar-refractivity contribution in [2.45, 2.75) is 0 Å². The molecule has 0 aliphatic carbocycles. The second-order valence-electron chi connectivity index (χ2n) is 6.06. The van der Waals surface area contributed by atoms with Crippen LogP contribution in [-0.4, -0.2) is 43.1 Å². The molecule has 0 spiro atoms. The van der Waals surface area contributed by atoms with Crippen LogP contribution in [0.5, 0.6) is 0 Å². The Morgan fingerprint density at radius 3 is 2.45 bits per heavy atom. The van der Waals surface area contributed by atoms with Gasteiger partial charge in [-0.15, -0.1) is 0 Å². The number of pyridine rings is 1. The molecule has 2 aromatic rings. The van der Waals surface area contributed by atoms with E-state index >= 15 is 0 Å². The second-order valence-corrected chi connectivity index (χ2v) is 6.06. The van der Waals surface area contributed by atoms with Crippen molar-refractivity contribution in [1.29, 1.82) is 0 Å². The fourth-order valence-corrected chi connectivity index (χ4v) is 3.59.